The summed E-state index contributed by atoms with van der Waals surface area (Å²) < 4.78 is 0. The minimum atomic E-state index is 0.0899. The number of rotatable bonds is 8. The Morgan fingerprint density at radius 1 is 1.00 bits per heavy atom. The van der Waals surface area contributed by atoms with Crippen LogP contribution in [-0.4, -0.2) is 47.9 Å². The van der Waals surface area contributed by atoms with Crippen LogP contribution in [0.25, 0.3) is 0 Å². The number of hydrogen-bond donors (Lipinski definition) is 3. The predicted molar refractivity (Wildman–Crippen MR) is 109 cm³/mol. The maximum absolute atomic E-state index is 9.10. The molecular weight excluding hydrogens is 338 g/mol. The number of anilines is 3. The molecule has 6 heteroatoms. The van der Waals surface area contributed by atoms with Gasteiger partial charge in [-0.3, -0.25) is 0 Å². The standard InChI is InChI=1S/C21H29N5O/c27-13-10-22-19-14-20(25-21(24-19)23-15-16-6-7-16)26-11-8-18(9-12-26)17-4-2-1-3-5-17/h1-5,14,16,18,27H,6-13,15H2,(H2,22,23,24,25). The van der Waals surface area contributed by atoms with Crippen LogP contribution in [0.5, 0.6) is 0 Å². The Hall–Kier alpha value is -2.34. The van der Waals surface area contributed by atoms with Gasteiger partial charge in [0.2, 0.25) is 5.95 Å². The summed E-state index contributed by atoms with van der Waals surface area (Å²) in [5.41, 5.74) is 1.44. The molecule has 27 heavy (non-hydrogen) atoms. The Morgan fingerprint density at radius 2 is 1.78 bits per heavy atom. The first-order valence-corrected chi connectivity index (χ1v) is 10.1. The first kappa shape index (κ1) is 18.0. The van der Waals surface area contributed by atoms with Gasteiger partial charge in [0.15, 0.2) is 0 Å². The highest BCUT2D eigenvalue weighted by atomic mass is 16.3. The molecule has 2 aliphatic rings. The average molecular weight is 367 g/mol. The van der Waals surface area contributed by atoms with Crippen molar-refractivity contribution >= 4 is 17.6 Å². The van der Waals surface area contributed by atoms with Crippen molar-refractivity contribution in [3.8, 4) is 0 Å². The van der Waals surface area contributed by atoms with Gasteiger partial charge in [0.05, 0.1) is 6.61 Å². The van der Waals surface area contributed by atoms with Gasteiger partial charge in [-0.1, -0.05) is 30.3 Å². The lowest BCUT2D eigenvalue weighted by atomic mass is 9.89. The molecule has 2 fully saturated rings. The van der Waals surface area contributed by atoms with Crippen LogP contribution in [0.3, 0.4) is 0 Å². The van der Waals surface area contributed by atoms with Crippen molar-refractivity contribution in [2.75, 3.05) is 48.3 Å². The van der Waals surface area contributed by atoms with Crippen LogP contribution in [0.2, 0.25) is 0 Å². The fourth-order valence-corrected chi connectivity index (χ4v) is 3.67. The largest absolute Gasteiger partial charge is 0.395 e. The fraction of sp³-hybridized carbons (Fsp3) is 0.524. The topological polar surface area (TPSA) is 73.3 Å². The molecule has 0 amide bonds. The lowest BCUT2D eigenvalue weighted by Crippen LogP contribution is -2.33. The van der Waals surface area contributed by atoms with Gasteiger partial charge < -0.3 is 20.6 Å². The lowest BCUT2D eigenvalue weighted by molar-refractivity contribution is 0.311. The van der Waals surface area contributed by atoms with Gasteiger partial charge in [0.1, 0.15) is 11.6 Å². The first-order chi connectivity index (χ1) is 13.3. The number of aromatic nitrogens is 2. The molecule has 2 aromatic rings. The number of hydrogen-bond acceptors (Lipinski definition) is 6. The third-order valence-electron chi connectivity index (χ3n) is 5.47. The van der Waals surface area contributed by atoms with E-state index in [1.165, 1.54) is 18.4 Å². The Balaban J connectivity index is 1.44. The normalized spacial score (nSPS) is 17.7. The van der Waals surface area contributed by atoms with E-state index in [0.717, 1.165) is 50.0 Å². The molecule has 3 N–H and O–H groups in total. The summed E-state index contributed by atoms with van der Waals surface area (Å²) in [6.45, 7) is 3.52. The minimum Gasteiger partial charge on any atom is -0.395 e. The fourth-order valence-electron chi connectivity index (χ4n) is 3.67. The van der Waals surface area contributed by atoms with E-state index < -0.39 is 0 Å². The first-order valence-electron chi connectivity index (χ1n) is 10.1. The molecule has 0 atom stereocenters. The summed E-state index contributed by atoms with van der Waals surface area (Å²) in [6.07, 6.45) is 4.88. The summed E-state index contributed by atoms with van der Waals surface area (Å²) in [6, 6.07) is 12.8. The number of nitrogens with zero attached hydrogens (tertiary/aromatic N) is 3. The zero-order valence-electron chi connectivity index (χ0n) is 15.8. The zero-order valence-corrected chi connectivity index (χ0v) is 15.8. The average Bonchev–Trinajstić information content (AvgIpc) is 3.56. The van der Waals surface area contributed by atoms with Gasteiger partial charge in [0.25, 0.3) is 0 Å². The summed E-state index contributed by atoms with van der Waals surface area (Å²) in [5, 5.41) is 15.7. The van der Waals surface area contributed by atoms with Crippen molar-refractivity contribution < 1.29 is 5.11 Å². The molecule has 1 saturated carbocycles. The summed E-state index contributed by atoms with van der Waals surface area (Å²) in [5.74, 6) is 3.83. The molecule has 1 aliphatic heterocycles. The van der Waals surface area contributed by atoms with Crippen molar-refractivity contribution in [3.63, 3.8) is 0 Å². The second-order valence-electron chi connectivity index (χ2n) is 7.58. The molecular formula is C21H29N5O. The highest BCUT2D eigenvalue weighted by Crippen LogP contribution is 2.31. The maximum atomic E-state index is 9.10. The molecule has 4 rings (SSSR count). The van der Waals surface area contributed by atoms with E-state index in [1.807, 2.05) is 6.07 Å². The highest BCUT2D eigenvalue weighted by Gasteiger charge is 2.23. The molecule has 0 spiro atoms. The van der Waals surface area contributed by atoms with E-state index in [1.54, 1.807) is 0 Å². The summed E-state index contributed by atoms with van der Waals surface area (Å²) >= 11 is 0. The SMILES string of the molecule is OCCNc1cc(N2CCC(c3ccccc3)CC2)nc(NCC2CC2)n1. The van der Waals surface area contributed by atoms with Crippen LogP contribution in [0.15, 0.2) is 36.4 Å². The number of aliphatic hydroxyl groups excluding tert-OH is 1. The summed E-state index contributed by atoms with van der Waals surface area (Å²) in [4.78, 5) is 11.7. The Morgan fingerprint density at radius 3 is 2.48 bits per heavy atom. The monoisotopic (exact) mass is 367 g/mol. The van der Waals surface area contributed by atoms with Gasteiger partial charge in [0, 0.05) is 32.2 Å². The quantitative estimate of drug-likeness (QED) is 0.666. The van der Waals surface area contributed by atoms with Crippen LogP contribution < -0.4 is 15.5 Å². The van der Waals surface area contributed by atoms with Crippen LogP contribution in [-0.2, 0) is 0 Å². The number of benzene rings is 1. The van der Waals surface area contributed by atoms with Crippen molar-refractivity contribution in [1.29, 1.82) is 0 Å². The lowest BCUT2D eigenvalue weighted by Gasteiger charge is -2.33. The van der Waals surface area contributed by atoms with Crippen LogP contribution in [0.1, 0.15) is 37.2 Å². The van der Waals surface area contributed by atoms with Crippen LogP contribution >= 0.6 is 0 Å². The third-order valence-corrected chi connectivity index (χ3v) is 5.47. The summed E-state index contributed by atoms with van der Waals surface area (Å²) in [7, 11) is 0. The van der Waals surface area contributed by atoms with E-state index in [-0.39, 0.29) is 6.61 Å². The maximum Gasteiger partial charge on any atom is 0.226 e. The Kier molecular flexibility index (Phi) is 5.72. The Bertz CT molecular complexity index is 727. The molecule has 0 bridgehead atoms. The molecule has 144 valence electrons. The molecule has 1 saturated heterocycles. The van der Waals surface area contributed by atoms with Crippen molar-refractivity contribution in [3.05, 3.63) is 42.0 Å². The van der Waals surface area contributed by atoms with Gasteiger partial charge in [-0.15, -0.1) is 0 Å². The molecule has 1 aromatic heterocycles. The van der Waals surface area contributed by atoms with E-state index in [2.05, 4.69) is 50.8 Å². The van der Waals surface area contributed by atoms with E-state index in [0.29, 0.717) is 18.4 Å². The molecule has 2 heterocycles. The van der Waals surface area contributed by atoms with Gasteiger partial charge >= 0.3 is 0 Å². The molecule has 1 aromatic carbocycles. The van der Waals surface area contributed by atoms with E-state index >= 15 is 0 Å². The second-order valence-corrected chi connectivity index (χ2v) is 7.58. The molecule has 6 nitrogen and oxygen atoms in total. The number of nitrogens with one attached hydrogen (secondary N) is 2. The van der Waals surface area contributed by atoms with Gasteiger partial charge in [-0.25, -0.2) is 0 Å². The predicted octanol–water partition coefficient (Wildman–Crippen LogP) is 3.09. The van der Waals surface area contributed by atoms with Gasteiger partial charge in [-0.05, 0) is 43.1 Å². The zero-order chi connectivity index (χ0) is 18.5. The second kappa shape index (κ2) is 8.57. The van der Waals surface area contributed by atoms with Crippen LogP contribution in [0.4, 0.5) is 17.6 Å². The van der Waals surface area contributed by atoms with Gasteiger partial charge in [-0.2, -0.15) is 9.97 Å². The Labute approximate surface area is 161 Å². The smallest absolute Gasteiger partial charge is 0.226 e. The van der Waals surface area contributed by atoms with Crippen molar-refractivity contribution in [2.24, 2.45) is 5.92 Å². The minimum absolute atomic E-state index is 0.0899. The van der Waals surface area contributed by atoms with Crippen LogP contribution in [0, 0.1) is 5.92 Å². The van der Waals surface area contributed by atoms with E-state index in [9.17, 15) is 0 Å². The van der Waals surface area contributed by atoms with E-state index in [4.69, 9.17) is 10.1 Å². The molecule has 0 unspecified atom stereocenters. The molecule has 1 aliphatic carbocycles. The van der Waals surface area contributed by atoms with Crippen molar-refractivity contribution in [2.45, 2.75) is 31.6 Å². The molecule has 0 radical (unpaired) electrons. The van der Waals surface area contributed by atoms with Crippen molar-refractivity contribution in [1.82, 2.24) is 9.97 Å². The highest BCUT2D eigenvalue weighted by molar-refractivity contribution is 5.54. The number of aliphatic hydroxyl groups is 1. The third kappa shape index (κ3) is 4.89. The number of piperidine rings is 1.